The molecule has 1 aromatic heterocycles. The standard InChI is InChI=1S/C23H26N4O5/c1-23(2,3)32-22(30)27-11-9-15(10-12-27)18-13-25-19(14-24-18)26-20(28)16-5-7-17(8-6-16)21(29)31-4/h5-9,13-14H,10-12H2,1-4H3,(H,25,26,28). The number of amides is 2. The second-order valence-corrected chi connectivity index (χ2v) is 8.22. The van der Waals surface area contributed by atoms with Gasteiger partial charge >= 0.3 is 12.1 Å². The number of esters is 1. The summed E-state index contributed by atoms with van der Waals surface area (Å²) in [5.41, 5.74) is 1.87. The number of carbonyl (C=O) groups excluding carboxylic acids is 3. The maximum Gasteiger partial charge on any atom is 0.410 e. The molecule has 0 saturated heterocycles. The van der Waals surface area contributed by atoms with Gasteiger partial charge < -0.3 is 19.7 Å². The van der Waals surface area contributed by atoms with Crippen LogP contribution in [0.1, 0.15) is 53.6 Å². The SMILES string of the molecule is COC(=O)c1ccc(C(=O)Nc2cnc(C3=CCN(C(=O)OC(C)(C)C)CC3)cn2)cc1. The van der Waals surface area contributed by atoms with Gasteiger partial charge in [0.1, 0.15) is 5.60 Å². The lowest BCUT2D eigenvalue weighted by molar-refractivity contribution is 0.0270. The number of benzene rings is 1. The largest absolute Gasteiger partial charge is 0.465 e. The Morgan fingerprint density at radius 2 is 1.72 bits per heavy atom. The predicted octanol–water partition coefficient (Wildman–Crippen LogP) is 3.54. The van der Waals surface area contributed by atoms with Crippen molar-refractivity contribution in [1.82, 2.24) is 14.9 Å². The lowest BCUT2D eigenvalue weighted by atomic mass is 10.1. The van der Waals surface area contributed by atoms with Crippen LogP contribution in [-0.2, 0) is 9.47 Å². The Morgan fingerprint density at radius 3 is 2.25 bits per heavy atom. The molecule has 168 valence electrons. The van der Waals surface area contributed by atoms with Gasteiger partial charge in [-0.1, -0.05) is 6.08 Å². The molecule has 1 aromatic carbocycles. The number of nitrogens with one attached hydrogen (secondary N) is 1. The van der Waals surface area contributed by atoms with Crippen LogP contribution in [0.4, 0.5) is 10.6 Å². The highest BCUT2D eigenvalue weighted by molar-refractivity contribution is 6.04. The van der Waals surface area contributed by atoms with Crippen molar-refractivity contribution < 1.29 is 23.9 Å². The number of nitrogens with zero attached hydrogens (tertiary/aromatic N) is 3. The number of hydrogen-bond donors (Lipinski definition) is 1. The second kappa shape index (κ2) is 9.59. The summed E-state index contributed by atoms with van der Waals surface area (Å²) in [7, 11) is 1.30. The van der Waals surface area contributed by atoms with Crippen molar-refractivity contribution in [2.45, 2.75) is 32.8 Å². The van der Waals surface area contributed by atoms with E-state index in [9.17, 15) is 14.4 Å². The molecule has 0 unspecified atom stereocenters. The zero-order valence-corrected chi connectivity index (χ0v) is 18.5. The molecule has 0 saturated carbocycles. The Labute approximate surface area is 186 Å². The molecule has 0 radical (unpaired) electrons. The first kappa shape index (κ1) is 22.9. The third-order valence-electron chi connectivity index (χ3n) is 4.65. The van der Waals surface area contributed by atoms with Gasteiger partial charge in [-0.25, -0.2) is 14.6 Å². The molecule has 2 aromatic rings. The van der Waals surface area contributed by atoms with E-state index in [2.05, 4.69) is 20.0 Å². The van der Waals surface area contributed by atoms with Gasteiger partial charge in [0.05, 0.1) is 30.8 Å². The van der Waals surface area contributed by atoms with Crippen molar-refractivity contribution in [3.05, 3.63) is 59.6 Å². The van der Waals surface area contributed by atoms with Gasteiger partial charge in [0.25, 0.3) is 5.91 Å². The highest BCUT2D eigenvalue weighted by Gasteiger charge is 2.24. The molecule has 3 rings (SSSR count). The van der Waals surface area contributed by atoms with Crippen molar-refractivity contribution in [1.29, 1.82) is 0 Å². The highest BCUT2D eigenvalue weighted by atomic mass is 16.6. The van der Waals surface area contributed by atoms with E-state index in [1.54, 1.807) is 11.1 Å². The van der Waals surface area contributed by atoms with E-state index in [0.717, 1.165) is 5.57 Å². The van der Waals surface area contributed by atoms with Gasteiger partial charge in [-0.05, 0) is 57.0 Å². The van der Waals surface area contributed by atoms with Crippen LogP contribution in [0.3, 0.4) is 0 Å². The number of hydrogen-bond acceptors (Lipinski definition) is 7. The molecule has 9 heteroatoms. The lowest BCUT2D eigenvalue weighted by Crippen LogP contribution is -2.39. The molecule has 0 spiro atoms. The number of anilines is 1. The first-order chi connectivity index (χ1) is 15.2. The Kier molecular flexibility index (Phi) is 6.87. The minimum atomic E-state index is -0.532. The second-order valence-electron chi connectivity index (χ2n) is 8.22. The van der Waals surface area contributed by atoms with E-state index in [-0.39, 0.29) is 12.0 Å². The molecule has 32 heavy (non-hydrogen) atoms. The minimum Gasteiger partial charge on any atom is -0.465 e. The quantitative estimate of drug-likeness (QED) is 0.727. The third kappa shape index (κ3) is 5.90. The molecular formula is C23H26N4O5. The van der Waals surface area contributed by atoms with Crippen LogP contribution < -0.4 is 5.32 Å². The van der Waals surface area contributed by atoms with Crippen LogP contribution in [0.15, 0.2) is 42.7 Å². The van der Waals surface area contributed by atoms with Gasteiger partial charge in [-0.3, -0.25) is 9.78 Å². The van der Waals surface area contributed by atoms with Crippen LogP contribution in [0.2, 0.25) is 0 Å². The zero-order chi connectivity index (χ0) is 23.3. The molecule has 0 fully saturated rings. The molecule has 1 aliphatic rings. The summed E-state index contributed by atoms with van der Waals surface area (Å²) >= 11 is 0. The van der Waals surface area contributed by atoms with E-state index in [0.29, 0.717) is 42.1 Å². The van der Waals surface area contributed by atoms with Crippen molar-refractivity contribution in [2.24, 2.45) is 0 Å². The van der Waals surface area contributed by atoms with E-state index in [1.165, 1.54) is 37.6 Å². The third-order valence-corrected chi connectivity index (χ3v) is 4.65. The Morgan fingerprint density at radius 1 is 1.03 bits per heavy atom. The molecule has 2 heterocycles. The summed E-state index contributed by atoms with van der Waals surface area (Å²) in [6.07, 6.45) is 5.30. The number of aromatic nitrogens is 2. The molecule has 0 bridgehead atoms. The van der Waals surface area contributed by atoms with E-state index >= 15 is 0 Å². The maximum atomic E-state index is 12.4. The lowest BCUT2D eigenvalue weighted by Gasteiger charge is -2.29. The van der Waals surface area contributed by atoms with Crippen molar-refractivity contribution in [2.75, 3.05) is 25.5 Å². The maximum absolute atomic E-state index is 12.4. The summed E-state index contributed by atoms with van der Waals surface area (Å²) in [6.45, 7) is 6.48. The normalized spacial score (nSPS) is 13.8. The predicted molar refractivity (Wildman–Crippen MR) is 118 cm³/mol. The van der Waals surface area contributed by atoms with Crippen LogP contribution in [-0.4, -0.2) is 58.6 Å². The highest BCUT2D eigenvalue weighted by Crippen LogP contribution is 2.22. The van der Waals surface area contributed by atoms with Crippen molar-refractivity contribution in [3.63, 3.8) is 0 Å². The zero-order valence-electron chi connectivity index (χ0n) is 18.5. The number of carbonyl (C=O) groups is 3. The van der Waals surface area contributed by atoms with Gasteiger partial charge in [0, 0.05) is 18.7 Å². The number of methoxy groups -OCH3 is 1. The molecule has 0 atom stereocenters. The van der Waals surface area contributed by atoms with Crippen LogP contribution in [0, 0.1) is 0 Å². The van der Waals surface area contributed by atoms with Crippen LogP contribution in [0.5, 0.6) is 0 Å². The van der Waals surface area contributed by atoms with E-state index in [1.807, 2.05) is 26.8 Å². The molecule has 9 nitrogen and oxygen atoms in total. The number of ether oxygens (including phenoxy) is 2. The van der Waals surface area contributed by atoms with Crippen molar-refractivity contribution in [3.8, 4) is 0 Å². The fourth-order valence-electron chi connectivity index (χ4n) is 3.02. The molecule has 1 N–H and O–H groups in total. The fourth-order valence-corrected chi connectivity index (χ4v) is 3.02. The monoisotopic (exact) mass is 438 g/mol. The summed E-state index contributed by atoms with van der Waals surface area (Å²) in [5, 5.41) is 2.68. The summed E-state index contributed by atoms with van der Waals surface area (Å²) < 4.78 is 10.0. The van der Waals surface area contributed by atoms with Gasteiger partial charge in [-0.15, -0.1) is 0 Å². The van der Waals surface area contributed by atoms with E-state index < -0.39 is 11.6 Å². The van der Waals surface area contributed by atoms with Gasteiger partial charge in [0.15, 0.2) is 5.82 Å². The summed E-state index contributed by atoms with van der Waals surface area (Å²) in [6, 6.07) is 6.11. The average molecular weight is 438 g/mol. The van der Waals surface area contributed by atoms with E-state index in [4.69, 9.17) is 4.74 Å². The van der Waals surface area contributed by atoms with Gasteiger partial charge in [0.2, 0.25) is 0 Å². The molecule has 2 amide bonds. The minimum absolute atomic E-state index is 0.308. The smallest absolute Gasteiger partial charge is 0.410 e. The Hall–Kier alpha value is -3.75. The molecule has 0 aliphatic carbocycles. The van der Waals surface area contributed by atoms with Crippen molar-refractivity contribution >= 4 is 29.4 Å². The van der Waals surface area contributed by atoms with Gasteiger partial charge in [-0.2, -0.15) is 0 Å². The summed E-state index contributed by atoms with van der Waals surface area (Å²) in [5.74, 6) is -0.527. The Bertz CT molecular complexity index is 1020. The average Bonchev–Trinajstić information content (AvgIpc) is 2.78. The fraction of sp³-hybridized carbons (Fsp3) is 0.348. The summed E-state index contributed by atoms with van der Waals surface area (Å²) in [4.78, 5) is 46.3. The van der Waals surface area contributed by atoms with Crippen LogP contribution >= 0.6 is 0 Å². The first-order valence-corrected chi connectivity index (χ1v) is 10.2. The molecule has 1 aliphatic heterocycles. The first-order valence-electron chi connectivity index (χ1n) is 10.2. The number of rotatable bonds is 4. The molecular weight excluding hydrogens is 412 g/mol. The van der Waals surface area contributed by atoms with Crippen LogP contribution in [0.25, 0.3) is 5.57 Å². The topological polar surface area (TPSA) is 111 Å². The Balaban J connectivity index is 1.59.